The van der Waals surface area contributed by atoms with Gasteiger partial charge in [0.25, 0.3) is 0 Å². The lowest BCUT2D eigenvalue weighted by Crippen LogP contribution is -1.91. The Morgan fingerprint density at radius 1 is 1.00 bits per heavy atom. The van der Waals surface area contributed by atoms with Gasteiger partial charge in [0, 0.05) is 0 Å². The maximum atomic E-state index is 5.45. The summed E-state index contributed by atoms with van der Waals surface area (Å²) in [5.41, 5.74) is 0. The molecule has 1 radical (unpaired) electrons. The van der Waals surface area contributed by atoms with Crippen LogP contribution in [0.25, 0.3) is 0 Å². The van der Waals surface area contributed by atoms with Gasteiger partial charge in [-0.3, -0.25) is 0 Å². The van der Waals surface area contributed by atoms with Gasteiger partial charge in [0.15, 0.2) is 0 Å². The first-order valence-electron chi connectivity index (χ1n) is 3.98. The van der Waals surface area contributed by atoms with E-state index in [0.717, 1.165) is 5.92 Å². The normalized spacial score (nSPS) is 23.1. The van der Waals surface area contributed by atoms with Crippen LogP contribution in [0.1, 0.15) is 38.5 Å². The zero-order chi connectivity index (χ0) is 6.53. The quantitative estimate of drug-likeness (QED) is 0.470. The van der Waals surface area contributed by atoms with Crippen LogP contribution in [-0.4, -0.2) is 0 Å². The molecule has 1 aliphatic carbocycles. The van der Waals surface area contributed by atoms with Crippen LogP contribution in [0.2, 0.25) is 0 Å². The van der Waals surface area contributed by atoms with E-state index in [9.17, 15) is 0 Å². The van der Waals surface area contributed by atoms with Crippen molar-refractivity contribution in [3.8, 4) is 0 Å². The standard InChI is InChI=1S/C9H15/c1-2-9-7-5-3-4-6-8-9/h1-2,9H,3-8H2. The van der Waals surface area contributed by atoms with E-state index < -0.39 is 0 Å². The van der Waals surface area contributed by atoms with E-state index in [1.165, 1.54) is 38.5 Å². The Morgan fingerprint density at radius 3 is 2.00 bits per heavy atom. The zero-order valence-electron chi connectivity index (χ0n) is 5.97. The summed E-state index contributed by atoms with van der Waals surface area (Å²) in [4.78, 5) is 0. The van der Waals surface area contributed by atoms with Gasteiger partial charge in [0.05, 0.1) is 0 Å². The third-order valence-corrected chi connectivity index (χ3v) is 2.17. The first kappa shape index (κ1) is 6.85. The molecular weight excluding hydrogens is 108 g/mol. The predicted molar refractivity (Wildman–Crippen MR) is 40.1 cm³/mol. The SMILES string of the molecule is [CH]=CC1CCCCCC1. The summed E-state index contributed by atoms with van der Waals surface area (Å²) in [6.45, 7) is 5.45. The van der Waals surface area contributed by atoms with E-state index in [0.29, 0.717) is 0 Å². The summed E-state index contributed by atoms with van der Waals surface area (Å²) in [5, 5.41) is 0. The molecule has 0 aromatic rings. The minimum absolute atomic E-state index is 0.729. The average Bonchev–Trinajstić information content (AvgIpc) is 2.13. The molecule has 0 aliphatic heterocycles. The first-order valence-corrected chi connectivity index (χ1v) is 3.98. The molecule has 0 bridgehead atoms. The molecule has 0 amide bonds. The van der Waals surface area contributed by atoms with Gasteiger partial charge in [-0.05, 0) is 18.8 Å². The zero-order valence-corrected chi connectivity index (χ0v) is 5.97. The van der Waals surface area contributed by atoms with Gasteiger partial charge in [-0.2, -0.15) is 0 Å². The van der Waals surface area contributed by atoms with Crippen molar-refractivity contribution in [3.63, 3.8) is 0 Å². The van der Waals surface area contributed by atoms with E-state index >= 15 is 0 Å². The summed E-state index contributed by atoms with van der Waals surface area (Å²) in [7, 11) is 0. The lowest BCUT2D eigenvalue weighted by atomic mass is 10.0. The van der Waals surface area contributed by atoms with Crippen LogP contribution in [0, 0.1) is 12.5 Å². The minimum atomic E-state index is 0.729. The van der Waals surface area contributed by atoms with Crippen molar-refractivity contribution >= 4 is 0 Å². The highest BCUT2D eigenvalue weighted by atomic mass is 14.1. The van der Waals surface area contributed by atoms with Crippen molar-refractivity contribution in [2.24, 2.45) is 5.92 Å². The number of hydrogen-bond donors (Lipinski definition) is 0. The second-order valence-electron chi connectivity index (χ2n) is 2.94. The van der Waals surface area contributed by atoms with Crippen molar-refractivity contribution in [1.82, 2.24) is 0 Å². The molecule has 0 spiro atoms. The van der Waals surface area contributed by atoms with E-state index in [1.54, 1.807) is 0 Å². The molecule has 1 saturated carbocycles. The monoisotopic (exact) mass is 123 g/mol. The second-order valence-corrected chi connectivity index (χ2v) is 2.94. The molecule has 0 nitrogen and oxygen atoms in total. The molecule has 9 heavy (non-hydrogen) atoms. The van der Waals surface area contributed by atoms with Gasteiger partial charge in [0.1, 0.15) is 0 Å². The second kappa shape index (κ2) is 3.71. The predicted octanol–water partition coefficient (Wildman–Crippen LogP) is 2.95. The lowest BCUT2D eigenvalue weighted by Gasteiger charge is -2.04. The summed E-state index contributed by atoms with van der Waals surface area (Å²) in [6.07, 6.45) is 10.2. The lowest BCUT2D eigenvalue weighted by molar-refractivity contribution is 0.559. The molecule has 0 saturated heterocycles. The molecular formula is C9H15. The van der Waals surface area contributed by atoms with Crippen LogP contribution >= 0.6 is 0 Å². The maximum absolute atomic E-state index is 5.45. The van der Waals surface area contributed by atoms with E-state index in [4.69, 9.17) is 6.58 Å². The number of allylic oxidation sites excluding steroid dienone is 1. The molecule has 0 atom stereocenters. The highest BCUT2D eigenvalue weighted by Crippen LogP contribution is 2.22. The summed E-state index contributed by atoms with van der Waals surface area (Å²) in [5.74, 6) is 0.729. The smallest absolute Gasteiger partial charge is 0.0230 e. The molecule has 1 rings (SSSR count). The van der Waals surface area contributed by atoms with Crippen LogP contribution in [0.3, 0.4) is 0 Å². The Morgan fingerprint density at radius 2 is 1.56 bits per heavy atom. The molecule has 0 unspecified atom stereocenters. The van der Waals surface area contributed by atoms with Gasteiger partial charge < -0.3 is 0 Å². The third-order valence-electron chi connectivity index (χ3n) is 2.17. The topological polar surface area (TPSA) is 0 Å². The summed E-state index contributed by atoms with van der Waals surface area (Å²) >= 11 is 0. The van der Waals surface area contributed by atoms with Gasteiger partial charge in [-0.1, -0.05) is 38.3 Å². The molecule has 0 aromatic carbocycles. The molecule has 0 N–H and O–H groups in total. The van der Waals surface area contributed by atoms with Crippen molar-refractivity contribution in [3.05, 3.63) is 12.7 Å². The van der Waals surface area contributed by atoms with Gasteiger partial charge in [-0.25, -0.2) is 0 Å². The third kappa shape index (κ3) is 2.21. The van der Waals surface area contributed by atoms with E-state index in [2.05, 4.69) is 0 Å². The van der Waals surface area contributed by atoms with Crippen molar-refractivity contribution in [1.29, 1.82) is 0 Å². The molecule has 0 heteroatoms. The summed E-state index contributed by atoms with van der Waals surface area (Å²) in [6, 6.07) is 0. The fourth-order valence-corrected chi connectivity index (χ4v) is 1.50. The fraction of sp³-hybridized carbons (Fsp3) is 0.778. The fourth-order valence-electron chi connectivity index (χ4n) is 1.50. The van der Waals surface area contributed by atoms with E-state index in [1.807, 2.05) is 6.08 Å². The van der Waals surface area contributed by atoms with Crippen molar-refractivity contribution in [2.45, 2.75) is 38.5 Å². The molecule has 1 fully saturated rings. The van der Waals surface area contributed by atoms with E-state index in [-0.39, 0.29) is 0 Å². The maximum Gasteiger partial charge on any atom is -0.0230 e. The molecule has 51 valence electrons. The average molecular weight is 123 g/mol. The Hall–Kier alpha value is -0.260. The highest BCUT2D eigenvalue weighted by molar-refractivity contribution is 4.77. The number of hydrogen-bond acceptors (Lipinski definition) is 0. The van der Waals surface area contributed by atoms with Gasteiger partial charge >= 0.3 is 0 Å². The Kier molecular flexibility index (Phi) is 2.82. The van der Waals surface area contributed by atoms with Crippen LogP contribution in [0.4, 0.5) is 0 Å². The van der Waals surface area contributed by atoms with Crippen LogP contribution < -0.4 is 0 Å². The van der Waals surface area contributed by atoms with Crippen LogP contribution in [-0.2, 0) is 0 Å². The highest BCUT2D eigenvalue weighted by Gasteiger charge is 2.06. The Bertz CT molecular complexity index is 76.0. The summed E-state index contributed by atoms with van der Waals surface area (Å²) < 4.78 is 0. The minimum Gasteiger partial charge on any atom is -0.0814 e. The van der Waals surface area contributed by atoms with Gasteiger partial charge in [-0.15, -0.1) is 0 Å². The largest absolute Gasteiger partial charge is 0.0814 e. The van der Waals surface area contributed by atoms with Crippen molar-refractivity contribution in [2.75, 3.05) is 0 Å². The first-order chi connectivity index (χ1) is 4.43. The van der Waals surface area contributed by atoms with Crippen LogP contribution in [0.5, 0.6) is 0 Å². The molecule has 0 aromatic heterocycles. The Labute approximate surface area is 58.0 Å². The Balaban J connectivity index is 2.26. The molecule has 0 heterocycles. The molecule has 1 aliphatic rings. The number of rotatable bonds is 1. The van der Waals surface area contributed by atoms with Crippen LogP contribution in [0.15, 0.2) is 6.08 Å². The van der Waals surface area contributed by atoms with Crippen molar-refractivity contribution < 1.29 is 0 Å². The van der Waals surface area contributed by atoms with Gasteiger partial charge in [0.2, 0.25) is 0 Å².